The number of hydrogen-bond acceptors (Lipinski definition) is 4. The summed E-state index contributed by atoms with van der Waals surface area (Å²) in [6.07, 6.45) is 3.89. The average molecular weight is 270 g/mol. The normalized spacial score (nSPS) is 19.6. The van der Waals surface area contributed by atoms with Gasteiger partial charge in [0.1, 0.15) is 10.8 Å². The predicted molar refractivity (Wildman–Crippen MR) is 63.3 cm³/mol. The monoisotopic (exact) mass is 269 g/mol. The standard InChI is InChI=1S/C11H12ClN3O3/c12-9-5-13-8(4-14-9)10(16)15-3-1-2-7(6-15)11(17)18/h4-5,7H,1-3,6H2,(H,17,18)/t7-/m1/s1. The Balaban J connectivity index is 2.09. The first-order valence-electron chi connectivity index (χ1n) is 5.57. The summed E-state index contributed by atoms with van der Waals surface area (Å²) in [6, 6.07) is 0. The van der Waals surface area contributed by atoms with Crippen molar-refractivity contribution in [3.8, 4) is 0 Å². The van der Waals surface area contributed by atoms with Crippen LogP contribution in [0.2, 0.25) is 5.15 Å². The molecular formula is C11H12ClN3O3. The zero-order valence-electron chi connectivity index (χ0n) is 9.54. The lowest BCUT2D eigenvalue weighted by Crippen LogP contribution is -2.42. The van der Waals surface area contributed by atoms with Gasteiger partial charge in [0.15, 0.2) is 0 Å². The second-order valence-electron chi connectivity index (χ2n) is 4.15. The third-order valence-corrected chi connectivity index (χ3v) is 3.09. The number of aliphatic carboxylic acids is 1. The summed E-state index contributed by atoms with van der Waals surface area (Å²) in [5.74, 6) is -1.66. The Morgan fingerprint density at radius 3 is 2.78 bits per heavy atom. The van der Waals surface area contributed by atoms with E-state index in [-0.39, 0.29) is 23.3 Å². The molecule has 0 radical (unpaired) electrons. The number of nitrogens with zero attached hydrogens (tertiary/aromatic N) is 3. The number of carbonyl (C=O) groups is 2. The molecule has 0 aromatic carbocycles. The fraction of sp³-hybridized carbons (Fsp3) is 0.455. The van der Waals surface area contributed by atoms with E-state index < -0.39 is 11.9 Å². The number of carbonyl (C=O) groups excluding carboxylic acids is 1. The van der Waals surface area contributed by atoms with Crippen LogP contribution in [0.4, 0.5) is 0 Å². The fourth-order valence-electron chi connectivity index (χ4n) is 1.95. The van der Waals surface area contributed by atoms with Crippen molar-refractivity contribution >= 4 is 23.5 Å². The molecule has 18 heavy (non-hydrogen) atoms. The molecule has 0 spiro atoms. The lowest BCUT2D eigenvalue weighted by Gasteiger charge is -2.30. The van der Waals surface area contributed by atoms with E-state index in [9.17, 15) is 9.59 Å². The second-order valence-corrected chi connectivity index (χ2v) is 4.54. The quantitative estimate of drug-likeness (QED) is 0.868. The minimum absolute atomic E-state index is 0.186. The van der Waals surface area contributed by atoms with E-state index in [0.717, 1.165) is 0 Å². The largest absolute Gasteiger partial charge is 0.481 e. The lowest BCUT2D eigenvalue weighted by molar-refractivity contribution is -0.143. The molecule has 0 aliphatic carbocycles. The Hall–Kier alpha value is -1.69. The molecule has 1 amide bonds. The highest BCUT2D eigenvalue weighted by atomic mass is 35.5. The highest BCUT2D eigenvalue weighted by Crippen LogP contribution is 2.18. The number of carboxylic acids is 1. The predicted octanol–water partition coefficient (Wildman–Crippen LogP) is 1.07. The molecule has 1 aliphatic rings. The molecule has 0 saturated carbocycles. The first-order valence-corrected chi connectivity index (χ1v) is 5.95. The van der Waals surface area contributed by atoms with Gasteiger partial charge >= 0.3 is 5.97 Å². The van der Waals surface area contributed by atoms with E-state index in [0.29, 0.717) is 19.4 Å². The third-order valence-electron chi connectivity index (χ3n) is 2.90. The van der Waals surface area contributed by atoms with Crippen molar-refractivity contribution in [2.75, 3.05) is 13.1 Å². The lowest BCUT2D eigenvalue weighted by atomic mass is 9.98. The van der Waals surface area contributed by atoms with Crippen molar-refractivity contribution in [1.82, 2.24) is 14.9 Å². The van der Waals surface area contributed by atoms with Crippen LogP contribution in [0.15, 0.2) is 12.4 Å². The summed E-state index contributed by atoms with van der Waals surface area (Å²) >= 11 is 5.59. The van der Waals surface area contributed by atoms with Gasteiger partial charge in [0, 0.05) is 13.1 Å². The smallest absolute Gasteiger partial charge is 0.308 e. The van der Waals surface area contributed by atoms with Crippen LogP contribution in [0, 0.1) is 5.92 Å². The van der Waals surface area contributed by atoms with Crippen LogP contribution in [0.5, 0.6) is 0 Å². The molecule has 1 aromatic heterocycles. The van der Waals surface area contributed by atoms with Crippen LogP contribution in [0.1, 0.15) is 23.3 Å². The van der Waals surface area contributed by atoms with Gasteiger partial charge in [-0.1, -0.05) is 11.6 Å². The molecule has 6 nitrogen and oxygen atoms in total. The maximum absolute atomic E-state index is 12.1. The van der Waals surface area contributed by atoms with E-state index in [2.05, 4.69) is 9.97 Å². The highest BCUT2D eigenvalue weighted by Gasteiger charge is 2.29. The fourth-order valence-corrected chi connectivity index (χ4v) is 2.05. The summed E-state index contributed by atoms with van der Waals surface area (Å²) in [6.45, 7) is 0.769. The van der Waals surface area contributed by atoms with Crippen molar-refractivity contribution in [2.24, 2.45) is 5.92 Å². The second kappa shape index (κ2) is 5.30. The van der Waals surface area contributed by atoms with Crippen molar-refractivity contribution < 1.29 is 14.7 Å². The number of likely N-dealkylation sites (tertiary alicyclic amines) is 1. The van der Waals surface area contributed by atoms with Gasteiger partial charge in [-0.2, -0.15) is 0 Å². The number of halogens is 1. The molecule has 1 fully saturated rings. The third kappa shape index (κ3) is 2.76. The van der Waals surface area contributed by atoms with Crippen molar-refractivity contribution in [3.63, 3.8) is 0 Å². The van der Waals surface area contributed by atoms with Gasteiger partial charge in [-0.05, 0) is 12.8 Å². The highest BCUT2D eigenvalue weighted by molar-refractivity contribution is 6.29. The van der Waals surface area contributed by atoms with Gasteiger partial charge in [0.05, 0.1) is 18.3 Å². The molecule has 2 heterocycles. The number of rotatable bonds is 2. The zero-order chi connectivity index (χ0) is 13.1. The molecule has 1 aromatic rings. The SMILES string of the molecule is O=C(O)[C@@H]1CCCN(C(=O)c2cnc(Cl)cn2)C1. The Morgan fingerprint density at radius 2 is 2.17 bits per heavy atom. The van der Waals surface area contributed by atoms with Gasteiger partial charge in [-0.15, -0.1) is 0 Å². The molecule has 0 bridgehead atoms. The van der Waals surface area contributed by atoms with Crippen LogP contribution in [-0.4, -0.2) is 44.9 Å². The van der Waals surface area contributed by atoms with E-state index in [1.165, 1.54) is 17.3 Å². The van der Waals surface area contributed by atoms with Gasteiger partial charge < -0.3 is 10.0 Å². The molecule has 1 aliphatic heterocycles. The summed E-state index contributed by atoms with van der Waals surface area (Å²) < 4.78 is 0. The van der Waals surface area contributed by atoms with Gasteiger partial charge in [0.25, 0.3) is 5.91 Å². The molecule has 1 atom stereocenters. The number of carboxylic acid groups (broad SMARTS) is 1. The molecule has 2 rings (SSSR count). The molecular weight excluding hydrogens is 258 g/mol. The summed E-state index contributed by atoms with van der Waals surface area (Å²) in [5, 5.41) is 9.18. The first-order chi connectivity index (χ1) is 8.58. The van der Waals surface area contributed by atoms with Crippen molar-refractivity contribution in [3.05, 3.63) is 23.2 Å². The zero-order valence-corrected chi connectivity index (χ0v) is 10.3. The van der Waals surface area contributed by atoms with E-state index in [1.54, 1.807) is 0 Å². The first kappa shape index (κ1) is 12.8. The Bertz CT molecular complexity index is 463. The van der Waals surface area contributed by atoms with Gasteiger partial charge in [0.2, 0.25) is 0 Å². The molecule has 96 valence electrons. The van der Waals surface area contributed by atoms with Crippen LogP contribution >= 0.6 is 11.6 Å². The topological polar surface area (TPSA) is 83.4 Å². The average Bonchev–Trinajstić information content (AvgIpc) is 2.39. The van der Waals surface area contributed by atoms with E-state index in [4.69, 9.17) is 16.7 Å². The number of piperidine rings is 1. The van der Waals surface area contributed by atoms with Crippen LogP contribution in [0.3, 0.4) is 0 Å². The summed E-state index contributed by atoms with van der Waals surface area (Å²) in [7, 11) is 0. The van der Waals surface area contributed by atoms with Gasteiger partial charge in [-0.25, -0.2) is 9.97 Å². The van der Waals surface area contributed by atoms with Crippen LogP contribution < -0.4 is 0 Å². The van der Waals surface area contributed by atoms with Crippen molar-refractivity contribution in [2.45, 2.75) is 12.8 Å². The minimum atomic E-state index is -0.866. The number of amides is 1. The van der Waals surface area contributed by atoms with Crippen LogP contribution in [0.25, 0.3) is 0 Å². The van der Waals surface area contributed by atoms with Gasteiger partial charge in [-0.3, -0.25) is 9.59 Å². The summed E-state index contributed by atoms with van der Waals surface area (Å²) in [4.78, 5) is 32.2. The van der Waals surface area contributed by atoms with E-state index in [1.807, 2.05) is 0 Å². The molecule has 7 heteroatoms. The Kier molecular flexibility index (Phi) is 3.76. The maximum atomic E-state index is 12.1. The number of aromatic nitrogens is 2. The Morgan fingerprint density at radius 1 is 1.39 bits per heavy atom. The summed E-state index contributed by atoms with van der Waals surface area (Å²) in [5.41, 5.74) is 0.186. The van der Waals surface area contributed by atoms with Crippen LogP contribution in [-0.2, 0) is 4.79 Å². The van der Waals surface area contributed by atoms with Crippen molar-refractivity contribution in [1.29, 1.82) is 0 Å². The maximum Gasteiger partial charge on any atom is 0.308 e. The molecule has 0 unspecified atom stereocenters. The number of hydrogen-bond donors (Lipinski definition) is 1. The Labute approximate surface area is 109 Å². The van der Waals surface area contributed by atoms with E-state index >= 15 is 0 Å². The minimum Gasteiger partial charge on any atom is -0.481 e. The molecule has 1 N–H and O–H groups in total. The molecule has 1 saturated heterocycles.